The Morgan fingerprint density at radius 1 is 1.41 bits per heavy atom. The number of rotatable bonds is 5. The van der Waals surface area contributed by atoms with E-state index in [1.807, 2.05) is 13.8 Å². The molecular formula is C14H18O3. The molecule has 0 aromatic heterocycles. The lowest BCUT2D eigenvalue weighted by Crippen LogP contribution is -2.00. The highest BCUT2D eigenvalue weighted by molar-refractivity contribution is 6.06. The molecule has 0 unspecified atom stereocenters. The minimum Gasteiger partial charge on any atom is -0.507 e. The maximum absolute atomic E-state index is 11.8. The Morgan fingerprint density at radius 2 is 2.12 bits per heavy atom. The highest BCUT2D eigenvalue weighted by atomic mass is 16.5. The highest BCUT2D eigenvalue weighted by Crippen LogP contribution is 2.20. The van der Waals surface area contributed by atoms with Crippen LogP contribution < -0.4 is 0 Å². The van der Waals surface area contributed by atoms with Crippen molar-refractivity contribution in [3.05, 3.63) is 41.0 Å². The monoisotopic (exact) mass is 234 g/mol. The molecule has 0 radical (unpaired) electrons. The van der Waals surface area contributed by atoms with Crippen LogP contribution in [0.4, 0.5) is 0 Å². The number of aromatic hydroxyl groups is 1. The summed E-state index contributed by atoms with van der Waals surface area (Å²) in [5, 5.41) is 9.66. The molecule has 92 valence electrons. The Labute approximate surface area is 102 Å². The zero-order chi connectivity index (χ0) is 12.8. The lowest BCUT2D eigenvalue weighted by molar-refractivity contribution is 0.104. The van der Waals surface area contributed by atoms with Gasteiger partial charge in [-0.1, -0.05) is 11.6 Å². The maximum atomic E-state index is 11.8. The molecule has 1 aromatic rings. The number of ether oxygens (including phenoxy) is 1. The van der Waals surface area contributed by atoms with Gasteiger partial charge in [0.05, 0.1) is 12.2 Å². The quantitative estimate of drug-likeness (QED) is 0.629. The number of phenolic OH excluding ortho intramolecular Hbond substituents is 1. The third-order valence-electron chi connectivity index (χ3n) is 2.34. The molecule has 17 heavy (non-hydrogen) atoms. The number of carbonyl (C=O) groups is 1. The van der Waals surface area contributed by atoms with Crippen molar-refractivity contribution in [3.63, 3.8) is 0 Å². The Bertz CT molecular complexity index is 429. The Kier molecular flexibility index (Phi) is 4.91. The molecule has 0 amide bonds. The minimum absolute atomic E-state index is 0.0219. The van der Waals surface area contributed by atoms with Crippen LogP contribution in [0.3, 0.4) is 0 Å². The molecule has 0 bridgehead atoms. The van der Waals surface area contributed by atoms with E-state index in [1.54, 1.807) is 25.3 Å². The first-order valence-corrected chi connectivity index (χ1v) is 5.54. The summed E-state index contributed by atoms with van der Waals surface area (Å²) in [6.07, 6.45) is 2.25. The lowest BCUT2D eigenvalue weighted by atomic mass is 10.0. The van der Waals surface area contributed by atoms with E-state index in [1.165, 1.54) is 6.08 Å². The summed E-state index contributed by atoms with van der Waals surface area (Å²) in [6.45, 7) is 4.30. The largest absolute Gasteiger partial charge is 0.507 e. The van der Waals surface area contributed by atoms with Gasteiger partial charge in [0.1, 0.15) is 5.75 Å². The molecule has 0 atom stereocenters. The van der Waals surface area contributed by atoms with Crippen LogP contribution in [0.2, 0.25) is 0 Å². The van der Waals surface area contributed by atoms with E-state index in [2.05, 4.69) is 0 Å². The zero-order valence-corrected chi connectivity index (χ0v) is 10.5. The van der Waals surface area contributed by atoms with Gasteiger partial charge in [-0.2, -0.15) is 0 Å². The average Bonchev–Trinajstić information content (AvgIpc) is 2.27. The van der Waals surface area contributed by atoms with Crippen molar-refractivity contribution < 1.29 is 14.6 Å². The first kappa shape index (κ1) is 13.5. The van der Waals surface area contributed by atoms with Crippen LogP contribution in [0.25, 0.3) is 0 Å². The van der Waals surface area contributed by atoms with E-state index in [0.717, 1.165) is 17.6 Å². The van der Waals surface area contributed by atoms with Crippen molar-refractivity contribution in [2.45, 2.75) is 20.3 Å². The molecule has 0 aliphatic rings. The predicted octanol–water partition coefficient (Wildman–Crippen LogP) is 2.73. The predicted molar refractivity (Wildman–Crippen MR) is 67.4 cm³/mol. The number of phenols is 1. The van der Waals surface area contributed by atoms with E-state index in [0.29, 0.717) is 12.2 Å². The summed E-state index contributed by atoms with van der Waals surface area (Å²) in [7, 11) is 1.63. The van der Waals surface area contributed by atoms with Crippen molar-refractivity contribution in [3.8, 4) is 5.75 Å². The van der Waals surface area contributed by atoms with Gasteiger partial charge in [-0.15, -0.1) is 0 Å². The molecule has 0 saturated heterocycles. The third-order valence-corrected chi connectivity index (χ3v) is 2.34. The molecule has 3 heteroatoms. The summed E-state index contributed by atoms with van der Waals surface area (Å²) in [6, 6.07) is 5.07. The second kappa shape index (κ2) is 6.21. The van der Waals surface area contributed by atoms with Crippen molar-refractivity contribution >= 4 is 5.78 Å². The topological polar surface area (TPSA) is 46.5 Å². The Morgan fingerprint density at radius 3 is 2.71 bits per heavy atom. The minimum atomic E-state index is -0.165. The molecule has 0 saturated carbocycles. The summed E-state index contributed by atoms with van der Waals surface area (Å²) in [5.74, 6) is -0.143. The molecule has 1 N–H and O–H groups in total. The van der Waals surface area contributed by atoms with Crippen molar-refractivity contribution in [2.75, 3.05) is 13.7 Å². The molecular weight excluding hydrogens is 216 g/mol. The number of methoxy groups -OCH3 is 1. The summed E-state index contributed by atoms with van der Waals surface area (Å²) in [5.41, 5.74) is 2.24. The van der Waals surface area contributed by atoms with Gasteiger partial charge in [0, 0.05) is 7.11 Å². The number of carbonyl (C=O) groups excluding carboxylic acids is 1. The summed E-state index contributed by atoms with van der Waals surface area (Å²) in [4.78, 5) is 11.8. The molecule has 0 aliphatic carbocycles. The number of allylic oxidation sites excluding steroid dienone is 2. The third kappa shape index (κ3) is 4.04. The number of ketones is 1. The molecule has 1 rings (SSSR count). The van der Waals surface area contributed by atoms with Gasteiger partial charge in [0.2, 0.25) is 0 Å². The first-order chi connectivity index (χ1) is 8.04. The van der Waals surface area contributed by atoms with E-state index in [9.17, 15) is 9.90 Å². The first-order valence-electron chi connectivity index (χ1n) is 5.54. The van der Waals surface area contributed by atoms with Gasteiger partial charge in [-0.25, -0.2) is 0 Å². The van der Waals surface area contributed by atoms with Gasteiger partial charge >= 0.3 is 0 Å². The van der Waals surface area contributed by atoms with E-state index in [4.69, 9.17) is 4.74 Å². The smallest absolute Gasteiger partial charge is 0.189 e. The van der Waals surface area contributed by atoms with Crippen LogP contribution in [0, 0.1) is 0 Å². The molecule has 0 aliphatic heterocycles. The van der Waals surface area contributed by atoms with E-state index in [-0.39, 0.29) is 11.5 Å². The number of hydrogen-bond acceptors (Lipinski definition) is 3. The van der Waals surface area contributed by atoms with Crippen LogP contribution in [0.1, 0.15) is 29.8 Å². The zero-order valence-electron chi connectivity index (χ0n) is 10.5. The van der Waals surface area contributed by atoms with Crippen LogP contribution in [-0.2, 0) is 11.2 Å². The molecule has 0 fully saturated rings. The standard InChI is InChI=1S/C14H18O3/c1-10(2)8-14(16)12-9-11(6-7-17-3)4-5-13(12)15/h4-5,8-9,15H,6-7H2,1-3H3. The van der Waals surface area contributed by atoms with Crippen LogP contribution in [-0.4, -0.2) is 24.6 Å². The molecule has 1 aromatic carbocycles. The van der Waals surface area contributed by atoms with Gasteiger partial charge in [0.25, 0.3) is 0 Å². The lowest BCUT2D eigenvalue weighted by Gasteiger charge is -2.05. The van der Waals surface area contributed by atoms with Crippen molar-refractivity contribution in [2.24, 2.45) is 0 Å². The fourth-order valence-corrected chi connectivity index (χ4v) is 1.50. The molecule has 0 spiro atoms. The van der Waals surface area contributed by atoms with Gasteiger partial charge < -0.3 is 9.84 Å². The van der Waals surface area contributed by atoms with Crippen LogP contribution in [0.5, 0.6) is 5.75 Å². The maximum Gasteiger partial charge on any atom is 0.189 e. The van der Waals surface area contributed by atoms with Crippen molar-refractivity contribution in [1.82, 2.24) is 0 Å². The van der Waals surface area contributed by atoms with E-state index < -0.39 is 0 Å². The fourth-order valence-electron chi connectivity index (χ4n) is 1.50. The van der Waals surface area contributed by atoms with E-state index >= 15 is 0 Å². The average molecular weight is 234 g/mol. The highest BCUT2D eigenvalue weighted by Gasteiger charge is 2.09. The SMILES string of the molecule is COCCc1ccc(O)c(C(=O)C=C(C)C)c1. The molecule has 3 nitrogen and oxygen atoms in total. The van der Waals surface area contributed by atoms with Gasteiger partial charge in [-0.05, 0) is 44.0 Å². The Hall–Kier alpha value is -1.61. The van der Waals surface area contributed by atoms with Crippen LogP contribution in [0.15, 0.2) is 29.8 Å². The normalized spacial score (nSPS) is 10.1. The number of benzene rings is 1. The molecule has 0 heterocycles. The second-order valence-corrected chi connectivity index (χ2v) is 4.18. The fraction of sp³-hybridized carbons (Fsp3) is 0.357. The number of hydrogen-bond donors (Lipinski definition) is 1. The summed E-state index contributed by atoms with van der Waals surface area (Å²) < 4.78 is 4.98. The second-order valence-electron chi connectivity index (χ2n) is 4.18. The van der Waals surface area contributed by atoms with Crippen molar-refractivity contribution in [1.29, 1.82) is 0 Å². The van der Waals surface area contributed by atoms with Crippen LogP contribution >= 0.6 is 0 Å². The Balaban J connectivity index is 2.98. The van der Waals surface area contributed by atoms with Gasteiger partial charge in [0.15, 0.2) is 5.78 Å². The summed E-state index contributed by atoms with van der Waals surface area (Å²) >= 11 is 0. The van der Waals surface area contributed by atoms with Gasteiger partial charge in [-0.3, -0.25) is 4.79 Å².